The van der Waals surface area contributed by atoms with Crippen molar-refractivity contribution in [3.05, 3.63) is 53.9 Å². The lowest BCUT2D eigenvalue weighted by Gasteiger charge is -2.40. The molecular weight excluding hydrogens is 359 g/mol. The summed E-state index contributed by atoms with van der Waals surface area (Å²) >= 11 is 0. The minimum Gasteiger partial charge on any atom is -0.368 e. The first-order chi connectivity index (χ1) is 13.3. The van der Waals surface area contributed by atoms with Crippen LogP contribution in [0.15, 0.2) is 36.8 Å². The van der Waals surface area contributed by atoms with Crippen LogP contribution in [0, 0.1) is 12.7 Å². The third-order valence-electron chi connectivity index (χ3n) is 4.84. The predicted octanol–water partition coefficient (Wildman–Crippen LogP) is 2.62. The lowest BCUT2D eigenvalue weighted by atomic mass is 10.0. The smallest absolute Gasteiger partial charge is 0.259 e. The van der Waals surface area contributed by atoms with E-state index in [0.29, 0.717) is 11.5 Å². The number of aryl methyl sites for hydroxylation is 1. The van der Waals surface area contributed by atoms with Crippen LogP contribution < -0.4 is 15.5 Å². The van der Waals surface area contributed by atoms with Crippen LogP contribution in [0.1, 0.15) is 29.9 Å². The number of carbonyl (C=O) groups excluding carboxylic acids is 1. The number of hydrogen-bond donors (Lipinski definition) is 2. The zero-order valence-corrected chi connectivity index (χ0v) is 16.2. The van der Waals surface area contributed by atoms with Crippen molar-refractivity contribution in [2.45, 2.75) is 26.3 Å². The molecule has 0 radical (unpaired) electrons. The molecule has 7 nitrogen and oxygen atoms in total. The van der Waals surface area contributed by atoms with Gasteiger partial charge in [0.25, 0.3) is 5.91 Å². The Bertz CT molecular complexity index is 1040. The zero-order chi connectivity index (χ0) is 19.9. The highest BCUT2D eigenvalue weighted by atomic mass is 19.1. The topological polar surface area (TPSA) is 74.6 Å². The van der Waals surface area contributed by atoms with Gasteiger partial charge in [0.2, 0.25) is 0 Å². The van der Waals surface area contributed by atoms with Gasteiger partial charge < -0.3 is 19.9 Å². The van der Waals surface area contributed by atoms with Gasteiger partial charge in [-0.1, -0.05) is 0 Å². The lowest BCUT2D eigenvalue weighted by molar-refractivity contribution is 0.102. The summed E-state index contributed by atoms with van der Waals surface area (Å²) in [5, 5.41) is 6.08. The number of imidazole rings is 1. The van der Waals surface area contributed by atoms with Crippen LogP contribution in [-0.4, -0.2) is 45.4 Å². The molecule has 4 rings (SSSR count). The van der Waals surface area contributed by atoms with Crippen LogP contribution in [-0.2, 0) is 0 Å². The van der Waals surface area contributed by atoms with E-state index in [2.05, 4.69) is 39.3 Å². The Labute approximate surface area is 162 Å². The van der Waals surface area contributed by atoms with E-state index in [-0.39, 0.29) is 11.1 Å². The quantitative estimate of drug-likeness (QED) is 0.728. The fraction of sp³-hybridized carbons (Fsp3) is 0.350. The molecule has 3 heterocycles. The average Bonchev–Trinajstić information content (AvgIpc) is 3.00. The fourth-order valence-electron chi connectivity index (χ4n) is 3.52. The Balaban J connectivity index is 1.52. The number of fused-ring (bicyclic) bond motifs is 1. The number of aromatic nitrogens is 3. The SMILES string of the molecule is Cc1cn2cc(NC(=O)c3ccc(N4CCNC(C)(C)C4)cc3F)ncc2n1. The number of hydrogen-bond acceptors (Lipinski definition) is 5. The molecule has 1 aliphatic rings. The molecule has 2 N–H and O–H groups in total. The molecule has 1 saturated heterocycles. The maximum Gasteiger partial charge on any atom is 0.259 e. The van der Waals surface area contributed by atoms with E-state index in [0.717, 1.165) is 31.0 Å². The van der Waals surface area contributed by atoms with Crippen LogP contribution in [0.25, 0.3) is 5.65 Å². The van der Waals surface area contributed by atoms with Crippen LogP contribution >= 0.6 is 0 Å². The van der Waals surface area contributed by atoms with Crippen molar-refractivity contribution in [1.82, 2.24) is 19.7 Å². The van der Waals surface area contributed by atoms with Gasteiger partial charge in [-0.2, -0.15) is 0 Å². The lowest BCUT2D eigenvalue weighted by Crippen LogP contribution is -2.57. The fourth-order valence-corrected chi connectivity index (χ4v) is 3.52. The summed E-state index contributed by atoms with van der Waals surface area (Å²) in [5.41, 5.74) is 2.26. The van der Waals surface area contributed by atoms with Gasteiger partial charge in [-0.15, -0.1) is 0 Å². The van der Waals surface area contributed by atoms with Crippen molar-refractivity contribution in [3.8, 4) is 0 Å². The molecular formula is C20H23FN6O. The number of amides is 1. The molecule has 0 spiro atoms. The molecule has 0 aliphatic carbocycles. The second-order valence-electron chi connectivity index (χ2n) is 7.77. The summed E-state index contributed by atoms with van der Waals surface area (Å²) in [6.07, 6.45) is 5.05. The van der Waals surface area contributed by atoms with Crippen LogP contribution in [0.3, 0.4) is 0 Å². The standard InChI is InChI=1S/C20H23FN6O/c1-13-10-27-11-17(22-9-18(27)24-13)25-19(28)15-5-4-14(8-16(15)21)26-7-6-23-20(2,3)12-26/h4-5,8-11,23H,6-7,12H2,1-3H3,(H,25,28). The van der Waals surface area contributed by atoms with E-state index in [4.69, 9.17) is 0 Å². The van der Waals surface area contributed by atoms with Crippen molar-refractivity contribution in [2.75, 3.05) is 29.9 Å². The normalized spacial score (nSPS) is 16.4. The Morgan fingerprint density at radius 2 is 2.14 bits per heavy atom. The minimum absolute atomic E-state index is 0.0122. The number of carbonyl (C=O) groups is 1. The molecule has 0 unspecified atom stereocenters. The van der Waals surface area contributed by atoms with E-state index in [1.54, 1.807) is 22.9 Å². The Kier molecular flexibility index (Phi) is 4.50. The number of anilines is 2. The first kappa shape index (κ1) is 18.4. The molecule has 2 aromatic heterocycles. The summed E-state index contributed by atoms with van der Waals surface area (Å²) in [6.45, 7) is 8.50. The first-order valence-electron chi connectivity index (χ1n) is 9.23. The van der Waals surface area contributed by atoms with Gasteiger partial charge in [-0.3, -0.25) is 4.79 Å². The van der Waals surface area contributed by atoms with Gasteiger partial charge in [-0.05, 0) is 39.0 Å². The summed E-state index contributed by atoms with van der Waals surface area (Å²) < 4.78 is 16.4. The van der Waals surface area contributed by atoms with Gasteiger partial charge in [0.15, 0.2) is 5.65 Å². The van der Waals surface area contributed by atoms with Crippen molar-refractivity contribution in [1.29, 1.82) is 0 Å². The summed E-state index contributed by atoms with van der Waals surface area (Å²) in [7, 11) is 0. The van der Waals surface area contributed by atoms with Crippen molar-refractivity contribution in [3.63, 3.8) is 0 Å². The van der Waals surface area contributed by atoms with E-state index in [9.17, 15) is 9.18 Å². The maximum atomic E-state index is 14.7. The van der Waals surface area contributed by atoms with Crippen LogP contribution in [0.2, 0.25) is 0 Å². The largest absolute Gasteiger partial charge is 0.368 e. The Hall–Kier alpha value is -3.00. The Morgan fingerprint density at radius 1 is 1.32 bits per heavy atom. The molecule has 28 heavy (non-hydrogen) atoms. The number of halogens is 1. The predicted molar refractivity (Wildman–Crippen MR) is 106 cm³/mol. The molecule has 3 aromatic rings. The van der Waals surface area contributed by atoms with E-state index in [1.165, 1.54) is 12.1 Å². The summed E-state index contributed by atoms with van der Waals surface area (Å²) in [4.78, 5) is 23.1. The molecule has 146 valence electrons. The second kappa shape index (κ2) is 6.87. The second-order valence-corrected chi connectivity index (χ2v) is 7.77. The Morgan fingerprint density at radius 3 is 2.89 bits per heavy atom. The average molecular weight is 382 g/mol. The highest BCUT2D eigenvalue weighted by Gasteiger charge is 2.26. The molecule has 0 saturated carbocycles. The molecule has 1 fully saturated rings. The molecule has 0 atom stereocenters. The summed E-state index contributed by atoms with van der Waals surface area (Å²) in [6, 6.07) is 4.73. The van der Waals surface area contributed by atoms with Gasteiger partial charge >= 0.3 is 0 Å². The van der Waals surface area contributed by atoms with E-state index in [1.807, 2.05) is 13.1 Å². The van der Waals surface area contributed by atoms with Gasteiger partial charge in [0.1, 0.15) is 11.6 Å². The van der Waals surface area contributed by atoms with Gasteiger partial charge in [0, 0.05) is 37.1 Å². The van der Waals surface area contributed by atoms with Crippen LogP contribution in [0.4, 0.5) is 15.9 Å². The minimum atomic E-state index is -0.550. The highest BCUT2D eigenvalue weighted by molar-refractivity contribution is 6.04. The van der Waals surface area contributed by atoms with Crippen LogP contribution in [0.5, 0.6) is 0 Å². The number of rotatable bonds is 3. The van der Waals surface area contributed by atoms with Gasteiger partial charge in [-0.25, -0.2) is 14.4 Å². The van der Waals surface area contributed by atoms with Crippen molar-refractivity contribution < 1.29 is 9.18 Å². The van der Waals surface area contributed by atoms with E-state index < -0.39 is 11.7 Å². The van der Waals surface area contributed by atoms with Crippen molar-refractivity contribution >= 4 is 23.1 Å². The van der Waals surface area contributed by atoms with E-state index >= 15 is 0 Å². The monoisotopic (exact) mass is 382 g/mol. The number of benzene rings is 1. The molecule has 1 aromatic carbocycles. The zero-order valence-electron chi connectivity index (χ0n) is 16.2. The molecule has 8 heteroatoms. The summed E-state index contributed by atoms with van der Waals surface area (Å²) in [5.74, 6) is -0.749. The number of piperazine rings is 1. The molecule has 1 amide bonds. The molecule has 0 bridgehead atoms. The maximum absolute atomic E-state index is 14.7. The van der Waals surface area contributed by atoms with Gasteiger partial charge in [0.05, 0.1) is 23.7 Å². The first-order valence-corrected chi connectivity index (χ1v) is 9.23. The third kappa shape index (κ3) is 3.68. The highest BCUT2D eigenvalue weighted by Crippen LogP contribution is 2.23. The number of nitrogens with one attached hydrogen (secondary N) is 2. The number of nitrogens with zero attached hydrogens (tertiary/aromatic N) is 4. The molecule has 1 aliphatic heterocycles. The van der Waals surface area contributed by atoms with Crippen molar-refractivity contribution in [2.24, 2.45) is 0 Å². The third-order valence-corrected chi connectivity index (χ3v) is 4.84.